The van der Waals surface area contributed by atoms with Crippen LogP contribution in [0.4, 0.5) is 0 Å². The van der Waals surface area contributed by atoms with E-state index in [1.165, 1.54) is 51.4 Å². The lowest BCUT2D eigenvalue weighted by molar-refractivity contribution is 0.542. The van der Waals surface area contributed by atoms with Crippen LogP contribution in [-0.4, -0.2) is 6.29 Å². The summed E-state index contributed by atoms with van der Waals surface area (Å²) in [7, 11) is 0. The molecule has 0 aromatic heterocycles. The molecule has 107 valence electrons. The van der Waals surface area contributed by atoms with Crippen LogP contribution < -0.4 is 0 Å². The molecule has 0 rings (SSSR count). The maximum absolute atomic E-state index is 9.99. The van der Waals surface area contributed by atoms with Crippen LogP contribution >= 0.6 is 0 Å². The topological polar surface area (TPSA) is 17.1 Å². The molecule has 19 heavy (non-hydrogen) atoms. The zero-order valence-corrected chi connectivity index (χ0v) is 12.3. The largest absolute Gasteiger partial charge is 0.291 e. The van der Waals surface area contributed by atoms with E-state index in [1.54, 1.807) is 0 Å². The van der Waals surface area contributed by atoms with Gasteiger partial charge in [0.25, 0.3) is 0 Å². The molecule has 0 aromatic carbocycles. The van der Waals surface area contributed by atoms with Gasteiger partial charge < -0.3 is 0 Å². The molecule has 1 heteroatoms. The number of hydrogen-bond donors (Lipinski definition) is 0. The van der Waals surface area contributed by atoms with Gasteiger partial charge in [-0.25, -0.2) is 0 Å². The molecule has 0 amide bonds. The van der Waals surface area contributed by atoms with E-state index in [0.717, 1.165) is 12.8 Å². The molecule has 0 saturated carbocycles. The SMILES string of the molecule is C=CCCCCC=CC=CCCCCCCC[C]=O. The molecule has 0 aromatic rings. The van der Waals surface area contributed by atoms with Gasteiger partial charge in [0.05, 0.1) is 0 Å². The van der Waals surface area contributed by atoms with Crippen molar-refractivity contribution in [2.24, 2.45) is 0 Å². The Kier molecular flexibility index (Phi) is 15.9. The highest BCUT2D eigenvalue weighted by Gasteiger charge is 1.89. The van der Waals surface area contributed by atoms with Gasteiger partial charge in [-0.2, -0.15) is 0 Å². The first-order chi connectivity index (χ1) is 9.41. The van der Waals surface area contributed by atoms with E-state index in [4.69, 9.17) is 0 Å². The van der Waals surface area contributed by atoms with E-state index in [1.807, 2.05) is 12.4 Å². The van der Waals surface area contributed by atoms with Crippen molar-refractivity contribution < 1.29 is 4.79 Å². The van der Waals surface area contributed by atoms with Gasteiger partial charge >= 0.3 is 0 Å². The Labute approximate surface area is 119 Å². The summed E-state index contributed by atoms with van der Waals surface area (Å²) in [5.74, 6) is 0. The van der Waals surface area contributed by atoms with Crippen LogP contribution in [0, 0.1) is 0 Å². The second-order valence-corrected chi connectivity index (χ2v) is 4.88. The molecule has 0 aliphatic carbocycles. The molecule has 0 heterocycles. The van der Waals surface area contributed by atoms with Gasteiger partial charge in [-0.3, -0.25) is 4.79 Å². The van der Waals surface area contributed by atoms with Crippen LogP contribution in [0.3, 0.4) is 0 Å². The summed E-state index contributed by atoms with van der Waals surface area (Å²) in [5.41, 5.74) is 0. The van der Waals surface area contributed by atoms with Crippen molar-refractivity contribution in [3.8, 4) is 0 Å². The quantitative estimate of drug-likeness (QED) is 0.223. The average molecular weight is 261 g/mol. The van der Waals surface area contributed by atoms with Crippen LogP contribution in [0.1, 0.15) is 70.6 Å². The Morgan fingerprint density at radius 3 is 1.89 bits per heavy atom. The molecule has 0 aliphatic heterocycles. The van der Waals surface area contributed by atoms with E-state index >= 15 is 0 Å². The maximum atomic E-state index is 9.99. The minimum atomic E-state index is 0.609. The number of rotatable bonds is 14. The Morgan fingerprint density at radius 2 is 1.26 bits per heavy atom. The third-order valence-corrected chi connectivity index (χ3v) is 3.06. The fourth-order valence-corrected chi connectivity index (χ4v) is 1.89. The molecule has 0 unspecified atom stereocenters. The highest BCUT2D eigenvalue weighted by atomic mass is 16.1. The molecular formula is C18H29O. The average Bonchev–Trinajstić information content (AvgIpc) is 2.43. The minimum Gasteiger partial charge on any atom is -0.291 e. The van der Waals surface area contributed by atoms with Crippen molar-refractivity contribution in [2.75, 3.05) is 0 Å². The van der Waals surface area contributed by atoms with Crippen LogP contribution in [0.25, 0.3) is 0 Å². The van der Waals surface area contributed by atoms with Gasteiger partial charge in [0.1, 0.15) is 0 Å². The Hall–Kier alpha value is -1.11. The van der Waals surface area contributed by atoms with Crippen molar-refractivity contribution in [1.29, 1.82) is 0 Å². The second kappa shape index (κ2) is 16.9. The lowest BCUT2D eigenvalue weighted by atomic mass is 10.1. The zero-order valence-electron chi connectivity index (χ0n) is 12.3. The summed E-state index contributed by atoms with van der Waals surface area (Å²) in [6.45, 7) is 3.72. The van der Waals surface area contributed by atoms with Gasteiger partial charge in [0.2, 0.25) is 0 Å². The molecule has 0 spiro atoms. The van der Waals surface area contributed by atoms with Gasteiger partial charge in [0, 0.05) is 6.42 Å². The van der Waals surface area contributed by atoms with Crippen molar-refractivity contribution >= 4 is 6.29 Å². The maximum Gasteiger partial charge on any atom is 0.198 e. The highest BCUT2D eigenvalue weighted by molar-refractivity contribution is 5.50. The molecule has 0 bridgehead atoms. The smallest absolute Gasteiger partial charge is 0.198 e. The lowest BCUT2D eigenvalue weighted by Gasteiger charge is -1.96. The van der Waals surface area contributed by atoms with Crippen molar-refractivity contribution in [3.05, 3.63) is 37.0 Å². The van der Waals surface area contributed by atoms with Gasteiger partial charge in [-0.05, 0) is 44.9 Å². The summed E-state index contributed by atoms with van der Waals surface area (Å²) in [4.78, 5) is 9.99. The summed E-state index contributed by atoms with van der Waals surface area (Å²) < 4.78 is 0. The summed E-state index contributed by atoms with van der Waals surface area (Å²) in [6, 6.07) is 0. The Morgan fingerprint density at radius 1 is 0.737 bits per heavy atom. The molecule has 0 aliphatic rings. The highest BCUT2D eigenvalue weighted by Crippen LogP contribution is 2.07. The fraction of sp³-hybridized carbons (Fsp3) is 0.611. The molecule has 0 saturated heterocycles. The Balaban J connectivity index is 3.17. The lowest BCUT2D eigenvalue weighted by Crippen LogP contribution is -1.79. The summed E-state index contributed by atoms with van der Waals surface area (Å²) in [5, 5.41) is 0. The monoisotopic (exact) mass is 261 g/mol. The summed E-state index contributed by atoms with van der Waals surface area (Å²) in [6.07, 6.45) is 25.3. The minimum absolute atomic E-state index is 0.609. The number of unbranched alkanes of at least 4 members (excludes halogenated alkanes) is 9. The predicted octanol–water partition coefficient (Wildman–Crippen LogP) is 5.69. The fourth-order valence-electron chi connectivity index (χ4n) is 1.89. The second-order valence-electron chi connectivity index (χ2n) is 4.88. The molecule has 0 fully saturated rings. The third kappa shape index (κ3) is 16.9. The first-order valence-corrected chi connectivity index (χ1v) is 7.69. The Bertz CT molecular complexity index is 250. The standard InChI is InChI=1S/C18H29O/c1-2-3-4-5-6-7-8-9-10-11-12-13-14-15-16-17-18-19/h2,7-10H,1,3-6,11-17H2. The first kappa shape index (κ1) is 17.9. The van der Waals surface area contributed by atoms with Gasteiger partial charge in [0.15, 0.2) is 6.29 Å². The van der Waals surface area contributed by atoms with Gasteiger partial charge in [-0.1, -0.05) is 49.6 Å². The molecule has 1 nitrogen and oxygen atoms in total. The number of allylic oxidation sites excluding steroid dienone is 5. The van der Waals surface area contributed by atoms with E-state index in [-0.39, 0.29) is 0 Å². The zero-order chi connectivity index (χ0) is 14.0. The van der Waals surface area contributed by atoms with Crippen molar-refractivity contribution in [3.63, 3.8) is 0 Å². The molecule has 0 N–H and O–H groups in total. The van der Waals surface area contributed by atoms with Crippen molar-refractivity contribution in [2.45, 2.75) is 70.6 Å². The van der Waals surface area contributed by atoms with E-state index in [2.05, 4.69) is 30.9 Å². The van der Waals surface area contributed by atoms with Crippen molar-refractivity contribution in [1.82, 2.24) is 0 Å². The molecular weight excluding hydrogens is 232 g/mol. The molecule has 0 atom stereocenters. The van der Waals surface area contributed by atoms with E-state index < -0.39 is 0 Å². The van der Waals surface area contributed by atoms with Crippen LogP contribution in [0.2, 0.25) is 0 Å². The van der Waals surface area contributed by atoms with E-state index in [9.17, 15) is 4.79 Å². The number of carbonyl (C=O) groups excluding carboxylic acids is 1. The van der Waals surface area contributed by atoms with Gasteiger partial charge in [-0.15, -0.1) is 6.58 Å². The summed E-state index contributed by atoms with van der Waals surface area (Å²) >= 11 is 0. The normalized spacial score (nSPS) is 11.4. The van der Waals surface area contributed by atoms with Crippen LogP contribution in [-0.2, 0) is 4.79 Å². The predicted molar refractivity (Wildman–Crippen MR) is 85.0 cm³/mol. The van der Waals surface area contributed by atoms with Crippen LogP contribution in [0.15, 0.2) is 37.0 Å². The van der Waals surface area contributed by atoms with Crippen LogP contribution in [0.5, 0.6) is 0 Å². The third-order valence-electron chi connectivity index (χ3n) is 3.06. The first-order valence-electron chi connectivity index (χ1n) is 7.69. The molecule has 1 radical (unpaired) electrons. The number of hydrogen-bond acceptors (Lipinski definition) is 1. The van der Waals surface area contributed by atoms with E-state index in [0.29, 0.717) is 6.42 Å².